The number of likely N-dealkylation sites (N-methyl/N-ethyl adjacent to an activating group) is 1. The summed E-state index contributed by atoms with van der Waals surface area (Å²) < 4.78 is 25.5. The topological polar surface area (TPSA) is 6.48 Å². The average Bonchev–Trinajstić information content (AvgIpc) is 2.47. The van der Waals surface area contributed by atoms with Crippen LogP contribution in [-0.2, 0) is 0 Å². The molecule has 2 nitrogen and oxygen atoms in total. The quantitative estimate of drug-likeness (QED) is 0.691. The number of alkyl halides is 2. The molecule has 0 radical (unpaired) electrons. The molecule has 14 heavy (non-hydrogen) atoms. The van der Waals surface area contributed by atoms with Gasteiger partial charge < -0.3 is 4.90 Å². The fourth-order valence-electron chi connectivity index (χ4n) is 2.06. The van der Waals surface area contributed by atoms with Gasteiger partial charge in [-0.15, -0.1) is 0 Å². The minimum absolute atomic E-state index is 0.00241. The van der Waals surface area contributed by atoms with Gasteiger partial charge in [-0.05, 0) is 27.9 Å². The molecule has 0 aromatic heterocycles. The van der Waals surface area contributed by atoms with E-state index in [2.05, 4.69) is 18.7 Å². The lowest BCUT2D eigenvalue weighted by molar-refractivity contribution is 0.0496. The molecule has 2 atom stereocenters. The van der Waals surface area contributed by atoms with Gasteiger partial charge in [0.15, 0.2) is 0 Å². The number of halogens is 2. The predicted molar refractivity (Wildman–Crippen MR) is 53.7 cm³/mol. The molecule has 0 aromatic rings. The Morgan fingerprint density at radius 3 is 2.07 bits per heavy atom. The van der Waals surface area contributed by atoms with Crippen molar-refractivity contribution in [3.05, 3.63) is 0 Å². The molecular formula is C10H20F2N2. The molecule has 0 bridgehead atoms. The molecule has 1 rings (SSSR count). The molecule has 0 aromatic carbocycles. The normalized spacial score (nSPS) is 29.8. The number of likely N-dealkylation sites (tertiary alicyclic amines) is 1. The Hall–Kier alpha value is -0.220. The summed E-state index contributed by atoms with van der Waals surface area (Å²) in [5.41, 5.74) is 0. The van der Waals surface area contributed by atoms with Crippen LogP contribution in [-0.4, -0.2) is 55.5 Å². The molecule has 4 heteroatoms. The van der Waals surface area contributed by atoms with Gasteiger partial charge in [0, 0.05) is 31.1 Å². The van der Waals surface area contributed by atoms with E-state index in [9.17, 15) is 8.78 Å². The SMILES string of the molecule is CC(C)N1CC(C(F)F)C(N(C)C)C1. The Balaban J connectivity index is 2.65. The van der Waals surface area contributed by atoms with E-state index in [0.717, 1.165) is 6.54 Å². The summed E-state index contributed by atoms with van der Waals surface area (Å²) in [5.74, 6) is -0.493. The second-order valence-electron chi connectivity index (χ2n) is 4.58. The maximum Gasteiger partial charge on any atom is 0.244 e. The minimum Gasteiger partial charge on any atom is -0.305 e. The first kappa shape index (κ1) is 11.9. The second-order valence-corrected chi connectivity index (χ2v) is 4.58. The molecule has 1 aliphatic heterocycles. The summed E-state index contributed by atoms with van der Waals surface area (Å²) in [6.07, 6.45) is -2.20. The van der Waals surface area contributed by atoms with Gasteiger partial charge in [-0.2, -0.15) is 0 Å². The van der Waals surface area contributed by atoms with Gasteiger partial charge >= 0.3 is 0 Å². The largest absolute Gasteiger partial charge is 0.305 e. The van der Waals surface area contributed by atoms with Gasteiger partial charge in [0.05, 0.1) is 0 Å². The van der Waals surface area contributed by atoms with E-state index in [0.29, 0.717) is 12.6 Å². The van der Waals surface area contributed by atoms with Crippen molar-refractivity contribution in [3.8, 4) is 0 Å². The lowest BCUT2D eigenvalue weighted by Gasteiger charge is -2.24. The van der Waals surface area contributed by atoms with Crippen LogP contribution in [0, 0.1) is 5.92 Å². The number of hydrogen-bond acceptors (Lipinski definition) is 2. The third-order valence-corrected chi connectivity index (χ3v) is 3.08. The van der Waals surface area contributed by atoms with Gasteiger partial charge in [0.25, 0.3) is 0 Å². The first-order valence-electron chi connectivity index (χ1n) is 5.12. The highest BCUT2D eigenvalue weighted by atomic mass is 19.3. The van der Waals surface area contributed by atoms with Crippen LogP contribution in [0.5, 0.6) is 0 Å². The van der Waals surface area contributed by atoms with E-state index >= 15 is 0 Å². The maximum atomic E-state index is 12.7. The highest BCUT2D eigenvalue weighted by molar-refractivity contribution is 4.91. The Morgan fingerprint density at radius 1 is 1.21 bits per heavy atom. The van der Waals surface area contributed by atoms with Crippen molar-refractivity contribution < 1.29 is 8.78 Å². The molecule has 0 aliphatic carbocycles. The summed E-state index contributed by atoms with van der Waals surface area (Å²) >= 11 is 0. The van der Waals surface area contributed by atoms with E-state index in [4.69, 9.17) is 0 Å². The van der Waals surface area contributed by atoms with Crippen LogP contribution in [0.1, 0.15) is 13.8 Å². The van der Waals surface area contributed by atoms with Crippen LogP contribution in [0.2, 0.25) is 0 Å². The van der Waals surface area contributed by atoms with Crippen molar-refractivity contribution in [1.29, 1.82) is 0 Å². The molecule has 1 heterocycles. The number of rotatable bonds is 3. The Labute approximate surface area is 84.9 Å². The van der Waals surface area contributed by atoms with Crippen molar-refractivity contribution in [3.63, 3.8) is 0 Å². The lowest BCUT2D eigenvalue weighted by atomic mass is 10.0. The van der Waals surface area contributed by atoms with Crippen LogP contribution < -0.4 is 0 Å². The average molecular weight is 206 g/mol. The van der Waals surface area contributed by atoms with E-state index in [-0.39, 0.29) is 6.04 Å². The van der Waals surface area contributed by atoms with E-state index in [1.807, 2.05) is 19.0 Å². The smallest absolute Gasteiger partial charge is 0.244 e. The predicted octanol–water partition coefficient (Wildman–Crippen LogP) is 1.52. The molecule has 1 aliphatic rings. The molecule has 0 amide bonds. The summed E-state index contributed by atoms with van der Waals surface area (Å²) in [4.78, 5) is 4.04. The van der Waals surface area contributed by atoms with E-state index in [1.165, 1.54) is 0 Å². The molecule has 84 valence electrons. The van der Waals surface area contributed by atoms with Gasteiger partial charge in [-0.1, -0.05) is 0 Å². The van der Waals surface area contributed by atoms with Gasteiger partial charge in [-0.25, -0.2) is 8.78 Å². The zero-order valence-corrected chi connectivity index (χ0v) is 9.37. The zero-order valence-electron chi connectivity index (χ0n) is 9.37. The standard InChI is InChI=1S/C10H20F2N2/c1-7(2)14-5-8(10(11)12)9(6-14)13(3)4/h7-10H,5-6H2,1-4H3. The number of hydrogen-bond donors (Lipinski definition) is 0. The highest BCUT2D eigenvalue weighted by Gasteiger charge is 2.40. The summed E-state index contributed by atoms with van der Waals surface area (Å²) in [7, 11) is 3.76. The van der Waals surface area contributed by atoms with Crippen LogP contribution >= 0.6 is 0 Å². The van der Waals surface area contributed by atoms with Crippen LogP contribution in [0.25, 0.3) is 0 Å². The third-order valence-electron chi connectivity index (χ3n) is 3.08. The molecule has 2 unspecified atom stereocenters. The zero-order chi connectivity index (χ0) is 10.9. The van der Waals surface area contributed by atoms with Gasteiger partial charge in [-0.3, -0.25) is 4.90 Å². The molecular weight excluding hydrogens is 186 g/mol. The molecule has 1 fully saturated rings. The van der Waals surface area contributed by atoms with Gasteiger partial charge in [0.2, 0.25) is 6.43 Å². The molecule has 1 saturated heterocycles. The first-order chi connectivity index (χ1) is 6.43. The van der Waals surface area contributed by atoms with Crippen molar-refractivity contribution in [2.75, 3.05) is 27.2 Å². The minimum atomic E-state index is -2.20. The van der Waals surface area contributed by atoms with E-state index in [1.54, 1.807) is 0 Å². The van der Waals surface area contributed by atoms with Crippen molar-refractivity contribution in [2.24, 2.45) is 5.92 Å². The fourth-order valence-corrected chi connectivity index (χ4v) is 2.06. The van der Waals surface area contributed by atoms with Crippen LogP contribution in [0.15, 0.2) is 0 Å². The van der Waals surface area contributed by atoms with Crippen LogP contribution in [0.3, 0.4) is 0 Å². The Bertz CT molecular complexity index is 167. The maximum absolute atomic E-state index is 12.7. The van der Waals surface area contributed by atoms with Crippen molar-refractivity contribution >= 4 is 0 Å². The lowest BCUT2D eigenvalue weighted by Crippen LogP contribution is -2.38. The summed E-state index contributed by atoms with van der Waals surface area (Å²) in [5, 5.41) is 0. The van der Waals surface area contributed by atoms with Crippen molar-refractivity contribution in [2.45, 2.75) is 32.4 Å². The Kier molecular flexibility index (Phi) is 3.84. The molecule has 0 saturated carbocycles. The summed E-state index contributed by atoms with van der Waals surface area (Å²) in [6, 6.07) is 0.360. The second kappa shape index (κ2) is 4.53. The van der Waals surface area contributed by atoms with Crippen LogP contribution in [0.4, 0.5) is 8.78 Å². The molecule has 0 spiro atoms. The number of nitrogens with zero attached hydrogens (tertiary/aromatic N) is 2. The first-order valence-corrected chi connectivity index (χ1v) is 5.12. The van der Waals surface area contributed by atoms with E-state index < -0.39 is 12.3 Å². The van der Waals surface area contributed by atoms with Crippen molar-refractivity contribution in [1.82, 2.24) is 9.80 Å². The third kappa shape index (κ3) is 2.42. The monoisotopic (exact) mass is 206 g/mol. The highest BCUT2D eigenvalue weighted by Crippen LogP contribution is 2.27. The molecule has 0 N–H and O–H groups in total. The van der Waals surface area contributed by atoms with Gasteiger partial charge in [0.1, 0.15) is 0 Å². The Morgan fingerprint density at radius 2 is 1.79 bits per heavy atom. The summed E-state index contributed by atoms with van der Waals surface area (Å²) in [6.45, 7) is 5.40. The fraction of sp³-hybridized carbons (Fsp3) is 1.00.